The highest BCUT2D eigenvalue weighted by Gasteiger charge is 2.50. The molecular weight excluding hydrogens is 276 g/mol. The van der Waals surface area contributed by atoms with Crippen LogP contribution in [0.25, 0.3) is 11.3 Å². The number of carbonyl (C=O) groups is 1. The average molecular weight is 291 g/mol. The highest BCUT2D eigenvalue weighted by atomic mass is 19.2. The van der Waals surface area contributed by atoms with Gasteiger partial charge in [0.05, 0.1) is 5.69 Å². The number of hydrogen-bond donors (Lipinski definition) is 2. The van der Waals surface area contributed by atoms with E-state index in [0.29, 0.717) is 11.5 Å². The average Bonchev–Trinajstić information content (AvgIpc) is 2.84. The first-order chi connectivity index (χ1) is 9.88. The van der Waals surface area contributed by atoms with E-state index in [2.05, 4.69) is 15.5 Å². The Morgan fingerprint density at radius 3 is 2.81 bits per heavy atom. The van der Waals surface area contributed by atoms with E-state index in [-0.39, 0.29) is 22.8 Å². The van der Waals surface area contributed by atoms with Crippen LogP contribution >= 0.6 is 0 Å². The molecule has 0 spiro atoms. The molecule has 0 radical (unpaired) electrons. The van der Waals surface area contributed by atoms with Gasteiger partial charge in [-0.2, -0.15) is 5.10 Å². The quantitative estimate of drug-likeness (QED) is 0.911. The molecule has 4 nitrogen and oxygen atoms in total. The fraction of sp³-hybridized carbons (Fsp3) is 0.333. The van der Waals surface area contributed by atoms with Gasteiger partial charge in [-0.1, -0.05) is 19.9 Å². The van der Waals surface area contributed by atoms with Crippen LogP contribution in [0.5, 0.6) is 0 Å². The summed E-state index contributed by atoms with van der Waals surface area (Å²) in [5.74, 6) is -1.68. The van der Waals surface area contributed by atoms with Crippen LogP contribution in [0.3, 0.4) is 0 Å². The molecule has 1 amide bonds. The summed E-state index contributed by atoms with van der Waals surface area (Å²) < 4.78 is 26.9. The second kappa shape index (κ2) is 4.65. The highest BCUT2D eigenvalue weighted by Crippen LogP contribution is 2.51. The normalized spacial score (nSPS) is 19.3. The minimum atomic E-state index is -0.942. The minimum absolute atomic E-state index is 0.0245. The number of aromatic amines is 1. The molecule has 1 atom stereocenters. The molecule has 3 rings (SSSR count). The van der Waals surface area contributed by atoms with Crippen LogP contribution in [0.4, 0.5) is 14.6 Å². The molecule has 110 valence electrons. The van der Waals surface area contributed by atoms with Crippen molar-refractivity contribution in [3.05, 3.63) is 35.9 Å². The Morgan fingerprint density at radius 2 is 2.14 bits per heavy atom. The van der Waals surface area contributed by atoms with Gasteiger partial charge in [-0.05, 0) is 24.0 Å². The molecule has 1 heterocycles. The van der Waals surface area contributed by atoms with Crippen molar-refractivity contribution in [2.24, 2.45) is 11.3 Å². The largest absolute Gasteiger partial charge is 0.309 e. The van der Waals surface area contributed by atoms with Crippen LogP contribution in [0.2, 0.25) is 0 Å². The molecule has 0 saturated heterocycles. The molecule has 0 aliphatic heterocycles. The topological polar surface area (TPSA) is 57.8 Å². The zero-order chi connectivity index (χ0) is 15.2. The van der Waals surface area contributed by atoms with E-state index >= 15 is 0 Å². The fourth-order valence-electron chi connectivity index (χ4n) is 2.36. The number of H-pyrrole nitrogens is 1. The lowest BCUT2D eigenvalue weighted by molar-refractivity contribution is -0.118. The van der Waals surface area contributed by atoms with Crippen molar-refractivity contribution in [1.29, 1.82) is 0 Å². The van der Waals surface area contributed by atoms with Crippen LogP contribution in [0, 0.1) is 23.0 Å². The molecular formula is C15H15F2N3O. The molecule has 2 N–H and O–H groups in total. The van der Waals surface area contributed by atoms with Crippen LogP contribution in [0.15, 0.2) is 24.3 Å². The van der Waals surface area contributed by atoms with E-state index in [0.717, 1.165) is 12.5 Å². The molecule has 1 aliphatic carbocycles. The van der Waals surface area contributed by atoms with Gasteiger partial charge < -0.3 is 5.32 Å². The van der Waals surface area contributed by atoms with Gasteiger partial charge in [-0.3, -0.25) is 9.89 Å². The monoisotopic (exact) mass is 291 g/mol. The number of anilines is 1. The number of benzene rings is 1. The molecule has 1 fully saturated rings. The minimum Gasteiger partial charge on any atom is -0.309 e. The number of nitrogens with one attached hydrogen (secondary N) is 2. The van der Waals surface area contributed by atoms with Gasteiger partial charge in [-0.15, -0.1) is 0 Å². The molecule has 2 aromatic rings. The number of amides is 1. The predicted molar refractivity (Wildman–Crippen MR) is 74.5 cm³/mol. The number of halogens is 2. The van der Waals surface area contributed by atoms with Gasteiger partial charge in [-0.25, -0.2) is 8.78 Å². The summed E-state index contributed by atoms with van der Waals surface area (Å²) in [4.78, 5) is 12.0. The summed E-state index contributed by atoms with van der Waals surface area (Å²) in [5.41, 5.74) is 0.421. The Kier molecular flexibility index (Phi) is 3.04. The maximum Gasteiger partial charge on any atom is 0.229 e. The lowest BCUT2D eigenvalue weighted by atomic mass is 10.1. The molecule has 0 unspecified atom stereocenters. The van der Waals surface area contributed by atoms with Gasteiger partial charge in [0.15, 0.2) is 17.5 Å². The van der Waals surface area contributed by atoms with Crippen molar-refractivity contribution in [3.63, 3.8) is 0 Å². The smallest absolute Gasteiger partial charge is 0.229 e. The number of carbonyl (C=O) groups excluding carboxylic acids is 1. The number of nitrogens with zero attached hydrogens (tertiary/aromatic N) is 1. The molecule has 1 saturated carbocycles. The van der Waals surface area contributed by atoms with Gasteiger partial charge in [0.2, 0.25) is 5.91 Å². The van der Waals surface area contributed by atoms with Crippen molar-refractivity contribution in [1.82, 2.24) is 10.2 Å². The van der Waals surface area contributed by atoms with Crippen molar-refractivity contribution < 1.29 is 13.6 Å². The summed E-state index contributed by atoms with van der Waals surface area (Å²) in [7, 11) is 0. The number of rotatable bonds is 3. The highest BCUT2D eigenvalue weighted by molar-refractivity contribution is 5.94. The molecule has 1 aliphatic rings. The SMILES string of the molecule is CC1(C)C[C@@H]1C(=O)Nc1cc(-c2cccc(F)c2F)[nH]n1. The number of hydrogen-bond acceptors (Lipinski definition) is 2. The van der Waals surface area contributed by atoms with Gasteiger partial charge in [0.25, 0.3) is 0 Å². The molecule has 1 aromatic heterocycles. The molecule has 21 heavy (non-hydrogen) atoms. The van der Waals surface area contributed by atoms with E-state index in [1.54, 1.807) is 0 Å². The van der Waals surface area contributed by atoms with Crippen molar-refractivity contribution in [2.75, 3.05) is 5.32 Å². The van der Waals surface area contributed by atoms with Gasteiger partial charge in [0, 0.05) is 17.5 Å². The Morgan fingerprint density at radius 1 is 1.43 bits per heavy atom. The lowest BCUT2D eigenvalue weighted by Gasteiger charge is -2.03. The maximum atomic E-state index is 13.7. The van der Waals surface area contributed by atoms with Crippen molar-refractivity contribution in [3.8, 4) is 11.3 Å². The molecule has 0 bridgehead atoms. The van der Waals surface area contributed by atoms with Crippen LogP contribution in [-0.4, -0.2) is 16.1 Å². The van der Waals surface area contributed by atoms with Crippen molar-refractivity contribution in [2.45, 2.75) is 20.3 Å². The third-order valence-electron chi connectivity index (χ3n) is 3.90. The molecule has 1 aromatic carbocycles. The summed E-state index contributed by atoms with van der Waals surface area (Å²) in [6, 6.07) is 5.40. The first-order valence-electron chi connectivity index (χ1n) is 6.69. The Bertz CT molecular complexity index is 709. The zero-order valence-electron chi connectivity index (χ0n) is 11.7. The van der Waals surface area contributed by atoms with Gasteiger partial charge in [0.1, 0.15) is 0 Å². The summed E-state index contributed by atoms with van der Waals surface area (Å²) in [6.45, 7) is 4.05. The second-order valence-corrected chi connectivity index (χ2v) is 6.00. The van der Waals surface area contributed by atoms with E-state index in [9.17, 15) is 13.6 Å². The van der Waals surface area contributed by atoms with Crippen molar-refractivity contribution >= 4 is 11.7 Å². The summed E-state index contributed by atoms with van der Waals surface area (Å²) >= 11 is 0. The fourth-order valence-corrected chi connectivity index (χ4v) is 2.36. The second-order valence-electron chi connectivity index (χ2n) is 6.00. The third-order valence-corrected chi connectivity index (χ3v) is 3.90. The molecule has 6 heteroatoms. The third kappa shape index (κ3) is 2.53. The Labute approximate surface area is 120 Å². The summed E-state index contributed by atoms with van der Waals surface area (Å²) in [5, 5.41) is 9.21. The Balaban J connectivity index is 1.78. The van der Waals surface area contributed by atoms with Crippen LogP contribution < -0.4 is 5.32 Å². The van der Waals surface area contributed by atoms with Crippen LogP contribution in [-0.2, 0) is 4.79 Å². The predicted octanol–water partition coefficient (Wildman–Crippen LogP) is 3.34. The lowest BCUT2D eigenvalue weighted by Crippen LogP contribution is -2.16. The van der Waals surface area contributed by atoms with E-state index < -0.39 is 11.6 Å². The maximum absolute atomic E-state index is 13.7. The summed E-state index contributed by atoms with van der Waals surface area (Å²) in [6.07, 6.45) is 0.842. The number of aromatic nitrogens is 2. The van der Waals surface area contributed by atoms with Crippen LogP contribution in [0.1, 0.15) is 20.3 Å². The standard InChI is InChI=1S/C15H15F2N3O/c1-15(2)7-9(15)14(21)18-12-6-11(19-20-12)8-4-3-5-10(16)13(8)17/h3-6,9H,7H2,1-2H3,(H2,18,19,20,21)/t9-/m1/s1. The van der Waals surface area contributed by atoms with E-state index in [4.69, 9.17) is 0 Å². The first kappa shape index (κ1) is 13.7. The Hall–Kier alpha value is -2.24. The van der Waals surface area contributed by atoms with E-state index in [1.807, 2.05) is 13.8 Å². The zero-order valence-corrected chi connectivity index (χ0v) is 11.7. The first-order valence-corrected chi connectivity index (χ1v) is 6.69. The van der Waals surface area contributed by atoms with Gasteiger partial charge >= 0.3 is 0 Å². The van der Waals surface area contributed by atoms with E-state index in [1.165, 1.54) is 18.2 Å².